The number of benzene rings is 2. The van der Waals surface area contributed by atoms with Gasteiger partial charge in [-0.1, -0.05) is 24.3 Å². The van der Waals surface area contributed by atoms with Gasteiger partial charge in [0.2, 0.25) is 0 Å². The molecule has 1 N–H and O–H groups in total. The van der Waals surface area contributed by atoms with E-state index in [2.05, 4.69) is 10.3 Å². The maximum atomic E-state index is 13.7. The molecule has 1 heterocycles. The van der Waals surface area contributed by atoms with E-state index in [4.69, 9.17) is 0 Å². The summed E-state index contributed by atoms with van der Waals surface area (Å²) in [6.07, 6.45) is 3.35. The molecule has 0 atom stereocenters. The van der Waals surface area contributed by atoms with Crippen molar-refractivity contribution in [1.82, 2.24) is 10.3 Å². The Labute approximate surface area is 121 Å². The van der Waals surface area contributed by atoms with Crippen LogP contribution in [0.25, 0.3) is 10.8 Å². The predicted octanol–water partition coefficient (Wildman–Crippen LogP) is 3.30. The summed E-state index contributed by atoms with van der Waals surface area (Å²) in [7, 11) is 0. The van der Waals surface area contributed by atoms with Crippen LogP contribution in [0.4, 0.5) is 4.39 Å². The Morgan fingerprint density at radius 1 is 1.00 bits per heavy atom. The quantitative estimate of drug-likeness (QED) is 0.799. The SMILES string of the molecule is O=C(NCc1ccncc1)c1ccc(F)c2ccccc12. The lowest BCUT2D eigenvalue weighted by Gasteiger charge is -2.08. The molecule has 104 valence electrons. The van der Waals surface area contributed by atoms with Gasteiger partial charge in [0, 0.05) is 29.9 Å². The molecule has 0 unspecified atom stereocenters. The third-order valence-electron chi connectivity index (χ3n) is 3.32. The Bertz CT molecular complexity index is 787. The third-order valence-corrected chi connectivity index (χ3v) is 3.32. The highest BCUT2D eigenvalue weighted by molar-refractivity contribution is 6.07. The number of rotatable bonds is 3. The van der Waals surface area contributed by atoms with Crippen LogP contribution in [0.15, 0.2) is 60.9 Å². The van der Waals surface area contributed by atoms with Crippen LogP contribution in [0.1, 0.15) is 15.9 Å². The minimum absolute atomic E-state index is 0.219. The first kappa shape index (κ1) is 13.2. The number of halogens is 1. The summed E-state index contributed by atoms with van der Waals surface area (Å²) < 4.78 is 13.7. The Morgan fingerprint density at radius 2 is 1.71 bits per heavy atom. The first-order chi connectivity index (χ1) is 10.3. The second-order valence-electron chi connectivity index (χ2n) is 4.68. The molecule has 3 rings (SSSR count). The maximum Gasteiger partial charge on any atom is 0.252 e. The Kier molecular flexibility index (Phi) is 3.60. The van der Waals surface area contributed by atoms with Gasteiger partial charge in [0.15, 0.2) is 0 Å². The summed E-state index contributed by atoms with van der Waals surface area (Å²) in [6, 6.07) is 13.5. The first-order valence-corrected chi connectivity index (χ1v) is 6.60. The van der Waals surface area contributed by atoms with Gasteiger partial charge in [-0.2, -0.15) is 0 Å². The van der Waals surface area contributed by atoms with Gasteiger partial charge in [0.1, 0.15) is 5.82 Å². The fraction of sp³-hybridized carbons (Fsp3) is 0.0588. The molecule has 0 fully saturated rings. The molecule has 0 saturated heterocycles. The maximum absolute atomic E-state index is 13.7. The van der Waals surface area contributed by atoms with E-state index < -0.39 is 0 Å². The Morgan fingerprint density at radius 3 is 2.48 bits per heavy atom. The number of aromatic nitrogens is 1. The molecule has 1 aromatic heterocycles. The average Bonchev–Trinajstić information content (AvgIpc) is 2.54. The zero-order valence-electron chi connectivity index (χ0n) is 11.2. The summed E-state index contributed by atoms with van der Waals surface area (Å²) in [4.78, 5) is 16.2. The highest BCUT2D eigenvalue weighted by atomic mass is 19.1. The predicted molar refractivity (Wildman–Crippen MR) is 79.3 cm³/mol. The van der Waals surface area contributed by atoms with Crippen LogP contribution in [0, 0.1) is 5.82 Å². The number of nitrogens with zero attached hydrogens (tertiary/aromatic N) is 1. The molecule has 0 spiro atoms. The van der Waals surface area contributed by atoms with Crippen LogP contribution < -0.4 is 5.32 Å². The van der Waals surface area contributed by atoms with Gasteiger partial charge in [-0.25, -0.2) is 4.39 Å². The van der Waals surface area contributed by atoms with Crippen LogP contribution in [0.3, 0.4) is 0 Å². The van der Waals surface area contributed by atoms with Crippen LogP contribution in [0.5, 0.6) is 0 Å². The summed E-state index contributed by atoms with van der Waals surface area (Å²) in [5, 5.41) is 3.91. The minimum Gasteiger partial charge on any atom is -0.348 e. The number of pyridine rings is 1. The molecule has 21 heavy (non-hydrogen) atoms. The van der Waals surface area contributed by atoms with E-state index in [0.717, 1.165) is 5.56 Å². The lowest BCUT2D eigenvalue weighted by molar-refractivity contribution is 0.0952. The van der Waals surface area contributed by atoms with Crippen molar-refractivity contribution >= 4 is 16.7 Å². The van der Waals surface area contributed by atoms with Crippen LogP contribution in [-0.2, 0) is 6.54 Å². The fourth-order valence-corrected chi connectivity index (χ4v) is 2.24. The molecule has 1 amide bonds. The first-order valence-electron chi connectivity index (χ1n) is 6.60. The number of nitrogens with one attached hydrogen (secondary N) is 1. The molecular weight excluding hydrogens is 267 g/mol. The fourth-order valence-electron chi connectivity index (χ4n) is 2.24. The van der Waals surface area contributed by atoms with E-state index in [1.807, 2.05) is 12.1 Å². The van der Waals surface area contributed by atoms with Gasteiger partial charge in [0.25, 0.3) is 5.91 Å². The smallest absolute Gasteiger partial charge is 0.252 e. The number of carbonyl (C=O) groups is 1. The van der Waals surface area contributed by atoms with E-state index in [1.165, 1.54) is 12.1 Å². The molecule has 0 bridgehead atoms. The van der Waals surface area contributed by atoms with Crippen molar-refractivity contribution in [1.29, 1.82) is 0 Å². The lowest BCUT2D eigenvalue weighted by Crippen LogP contribution is -2.23. The number of carbonyl (C=O) groups excluding carboxylic acids is 1. The van der Waals surface area contributed by atoms with Gasteiger partial charge in [-0.05, 0) is 35.2 Å². The molecule has 0 aliphatic carbocycles. The molecule has 4 heteroatoms. The van der Waals surface area contributed by atoms with Crippen LogP contribution in [0.2, 0.25) is 0 Å². The van der Waals surface area contributed by atoms with E-state index in [9.17, 15) is 9.18 Å². The van der Waals surface area contributed by atoms with Crippen molar-refractivity contribution in [2.24, 2.45) is 0 Å². The van der Waals surface area contributed by atoms with Crippen LogP contribution >= 0.6 is 0 Å². The summed E-state index contributed by atoms with van der Waals surface area (Å²) in [5.41, 5.74) is 1.44. The van der Waals surface area contributed by atoms with Crippen LogP contribution in [-0.4, -0.2) is 10.9 Å². The molecule has 3 nitrogen and oxygen atoms in total. The molecular formula is C17H13FN2O. The van der Waals surface area contributed by atoms with Crippen molar-refractivity contribution in [3.05, 3.63) is 77.9 Å². The average molecular weight is 280 g/mol. The second kappa shape index (κ2) is 5.71. The lowest BCUT2D eigenvalue weighted by atomic mass is 10.0. The third kappa shape index (κ3) is 2.74. The Balaban J connectivity index is 1.87. The molecule has 3 aromatic rings. The van der Waals surface area contributed by atoms with E-state index in [0.29, 0.717) is 22.9 Å². The molecule has 0 aliphatic heterocycles. The Hall–Kier alpha value is -2.75. The van der Waals surface area contributed by atoms with Crippen molar-refractivity contribution in [3.63, 3.8) is 0 Å². The van der Waals surface area contributed by atoms with E-state index in [1.54, 1.807) is 36.7 Å². The summed E-state index contributed by atoms with van der Waals surface area (Å²) in [5.74, 6) is -0.542. The van der Waals surface area contributed by atoms with Gasteiger partial charge >= 0.3 is 0 Å². The zero-order chi connectivity index (χ0) is 14.7. The molecule has 2 aromatic carbocycles. The number of hydrogen-bond donors (Lipinski definition) is 1. The summed E-state index contributed by atoms with van der Waals surface area (Å²) in [6.45, 7) is 0.410. The van der Waals surface area contributed by atoms with Crippen molar-refractivity contribution in [3.8, 4) is 0 Å². The standard InChI is InChI=1S/C17H13FN2O/c18-16-6-5-15(13-3-1-2-4-14(13)16)17(21)20-11-12-7-9-19-10-8-12/h1-10H,11H2,(H,20,21). The number of amides is 1. The monoisotopic (exact) mass is 280 g/mol. The normalized spacial score (nSPS) is 10.5. The van der Waals surface area contributed by atoms with Crippen molar-refractivity contribution in [2.75, 3.05) is 0 Å². The van der Waals surface area contributed by atoms with E-state index >= 15 is 0 Å². The minimum atomic E-state index is -0.323. The number of hydrogen-bond acceptors (Lipinski definition) is 2. The van der Waals surface area contributed by atoms with Gasteiger partial charge in [-0.15, -0.1) is 0 Å². The summed E-state index contributed by atoms with van der Waals surface area (Å²) >= 11 is 0. The van der Waals surface area contributed by atoms with Gasteiger partial charge in [0.05, 0.1) is 0 Å². The van der Waals surface area contributed by atoms with Gasteiger partial charge in [-0.3, -0.25) is 9.78 Å². The molecule has 0 radical (unpaired) electrons. The highest BCUT2D eigenvalue weighted by Crippen LogP contribution is 2.21. The molecule has 0 saturated carbocycles. The zero-order valence-corrected chi connectivity index (χ0v) is 11.2. The number of fused-ring (bicyclic) bond motifs is 1. The second-order valence-corrected chi connectivity index (χ2v) is 4.68. The topological polar surface area (TPSA) is 42.0 Å². The largest absolute Gasteiger partial charge is 0.348 e. The highest BCUT2D eigenvalue weighted by Gasteiger charge is 2.11. The van der Waals surface area contributed by atoms with Crippen molar-refractivity contribution < 1.29 is 9.18 Å². The van der Waals surface area contributed by atoms with Crippen molar-refractivity contribution in [2.45, 2.75) is 6.54 Å². The molecule has 0 aliphatic rings. The van der Waals surface area contributed by atoms with Gasteiger partial charge < -0.3 is 5.32 Å². The van der Waals surface area contributed by atoms with E-state index in [-0.39, 0.29) is 11.7 Å².